The van der Waals surface area contributed by atoms with Crippen LogP contribution >= 0.6 is 0 Å². The molecule has 1 fully saturated rings. The molecule has 1 aromatic carbocycles. The number of β-amino-alcohol motifs (C(OH)–C–C–N with tert-alkyl or cyclic N) is 1. The van der Waals surface area contributed by atoms with Crippen molar-refractivity contribution in [1.29, 1.82) is 0 Å². The highest BCUT2D eigenvalue weighted by Gasteiger charge is 2.25. The van der Waals surface area contributed by atoms with Crippen LogP contribution in [0.3, 0.4) is 0 Å². The third-order valence-electron chi connectivity index (χ3n) is 4.39. The number of benzene rings is 1. The normalized spacial score (nSPS) is 21.1. The van der Waals surface area contributed by atoms with Crippen molar-refractivity contribution in [1.82, 2.24) is 14.8 Å². The zero-order chi connectivity index (χ0) is 17.1. The first-order chi connectivity index (χ1) is 11.5. The quantitative estimate of drug-likeness (QED) is 0.910. The van der Waals surface area contributed by atoms with Crippen molar-refractivity contribution in [2.24, 2.45) is 0 Å². The number of hydrogen-bond acceptors (Lipinski definition) is 5. The number of nitrogens with zero attached hydrogens (tertiary/aromatic N) is 3. The van der Waals surface area contributed by atoms with Crippen LogP contribution in [0, 0.1) is 5.82 Å². The summed E-state index contributed by atoms with van der Waals surface area (Å²) in [5.74, 6) is 1.07. The van der Waals surface area contributed by atoms with E-state index >= 15 is 0 Å². The minimum atomic E-state index is -0.302. The zero-order valence-corrected chi connectivity index (χ0v) is 14.2. The molecule has 2 atom stereocenters. The van der Waals surface area contributed by atoms with Crippen molar-refractivity contribution in [3.05, 3.63) is 42.2 Å². The molecule has 0 radical (unpaired) electrons. The van der Waals surface area contributed by atoms with Crippen LogP contribution in [0.25, 0.3) is 11.3 Å². The molecule has 0 unspecified atom stereocenters. The van der Waals surface area contributed by atoms with Gasteiger partial charge in [0.2, 0.25) is 5.89 Å². The van der Waals surface area contributed by atoms with Crippen molar-refractivity contribution < 1.29 is 13.9 Å². The Morgan fingerprint density at radius 1 is 1.33 bits per heavy atom. The number of rotatable bonds is 5. The lowest BCUT2D eigenvalue weighted by molar-refractivity contribution is 0.0393. The smallest absolute Gasteiger partial charge is 0.209 e. The SMILES string of the molecule is C[C@H](O)CN1CCN(Cc2ncc(-c3ccc(F)cc3)o2)C[C@H]1C. The molecule has 1 aliphatic rings. The average molecular weight is 333 g/mol. The van der Waals surface area contributed by atoms with E-state index in [-0.39, 0.29) is 11.9 Å². The molecule has 1 N–H and O–H groups in total. The number of aromatic nitrogens is 1. The molecule has 2 heterocycles. The van der Waals surface area contributed by atoms with Gasteiger partial charge >= 0.3 is 0 Å². The van der Waals surface area contributed by atoms with E-state index in [1.807, 2.05) is 6.92 Å². The Morgan fingerprint density at radius 3 is 2.75 bits per heavy atom. The molecule has 6 heteroatoms. The first-order valence-corrected chi connectivity index (χ1v) is 8.36. The van der Waals surface area contributed by atoms with Crippen molar-refractivity contribution in [3.63, 3.8) is 0 Å². The Labute approximate surface area is 141 Å². The first-order valence-electron chi connectivity index (χ1n) is 8.36. The molecule has 1 aromatic heterocycles. The van der Waals surface area contributed by atoms with Crippen LogP contribution in [0.2, 0.25) is 0 Å². The lowest BCUT2D eigenvalue weighted by Gasteiger charge is -2.39. The molecule has 24 heavy (non-hydrogen) atoms. The van der Waals surface area contributed by atoms with E-state index in [1.54, 1.807) is 18.3 Å². The Bertz CT molecular complexity index is 657. The summed E-state index contributed by atoms with van der Waals surface area (Å²) in [6.45, 7) is 8.14. The second kappa shape index (κ2) is 7.42. The van der Waals surface area contributed by atoms with Crippen LogP contribution < -0.4 is 0 Å². The third kappa shape index (κ3) is 4.20. The van der Waals surface area contributed by atoms with Gasteiger partial charge in [-0.15, -0.1) is 0 Å². The van der Waals surface area contributed by atoms with Gasteiger partial charge in [-0.3, -0.25) is 9.80 Å². The van der Waals surface area contributed by atoms with Crippen molar-refractivity contribution in [3.8, 4) is 11.3 Å². The van der Waals surface area contributed by atoms with E-state index in [0.29, 0.717) is 30.8 Å². The average Bonchev–Trinajstić information content (AvgIpc) is 2.99. The minimum absolute atomic E-state index is 0.262. The maximum atomic E-state index is 13.0. The van der Waals surface area contributed by atoms with Gasteiger partial charge in [0.1, 0.15) is 5.82 Å². The van der Waals surface area contributed by atoms with Gasteiger partial charge < -0.3 is 9.52 Å². The second-order valence-corrected chi connectivity index (χ2v) is 6.55. The van der Waals surface area contributed by atoms with E-state index in [0.717, 1.165) is 25.2 Å². The number of halogens is 1. The lowest BCUT2D eigenvalue weighted by Crippen LogP contribution is -2.53. The highest BCUT2D eigenvalue weighted by Crippen LogP contribution is 2.22. The minimum Gasteiger partial charge on any atom is -0.439 e. The van der Waals surface area contributed by atoms with Gasteiger partial charge in [0.25, 0.3) is 0 Å². The summed E-state index contributed by atoms with van der Waals surface area (Å²) in [6.07, 6.45) is 1.39. The Kier molecular flexibility index (Phi) is 5.28. The Balaban J connectivity index is 1.58. The fraction of sp³-hybridized carbons (Fsp3) is 0.500. The summed E-state index contributed by atoms with van der Waals surface area (Å²) < 4.78 is 18.8. The highest BCUT2D eigenvalue weighted by molar-refractivity contribution is 5.55. The van der Waals surface area contributed by atoms with E-state index < -0.39 is 0 Å². The van der Waals surface area contributed by atoms with Gasteiger partial charge in [0.05, 0.1) is 18.8 Å². The van der Waals surface area contributed by atoms with Gasteiger partial charge in [0.15, 0.2) is 5.76 Å². The van der Waals surface area contributed by atoms with Crippen molar-refractivity contribution in [2.45, 2.75) is 32.5 Å². The maximum Gasteiger partial charge on any atom is 0.209 e. The lowest BCUT2D eigenvalue weighted by atomic mass is 10.1. The summed E-state index contributed by atoms with van der Waals surface area (Å²) in [5.41, 5.74) is 0.824. The van der Waals surface area contributed by atoms with Crippen LogP contribution in [0.5, 0.6) is 0 Å². The first kappa shape index (κ1) is 17.1. The van der Waals surface area contributed by atoms with Gasteiger partial charge in [-0.25, -0.2) is 9.37 Å². The standard InChI is InChI=1S/C18H24FN3O2/c1-13-10-21(7-8-22(13)11-14(2)23)12-18-20-9-17(24-18)15-3-5-16(19)6-4-15/h3-6,9,13-14,23H,7-8,10-12H2,1-2H3/t13-,14+/m1/s1. The van der Waals surface area contributed by atoms with Crippen LogP contribution in [0.1, 0.15) is 19.7 Å². The van der Waals surface area contributed by atoms with Gasteiger partial charge in [-0.05, 0) is 38.1 Å². The number of aliphatic hydroxyl groups excluding tert-OH is 1. The largest absolute Gasteiger partial charge is 0.439 e. The van der Waals surface area contributed by atoms with E-state index in [2.05, 4.69) is 21.7 Å². The number of aliphatic hydroxyl groups is 1. The molecule has 1 aliphatic heterocycles. The van der Waals surface area contributed by atoms with Crippen LogP contribution in [-0.4, -0.2) is 58.2 Å². The number of hydrogen-bond donors (Lipinski definition) is 1. The molecule has 0 amide bonds. The molecule has 0 aliphatic carbocycles. The van der Waals surface area contributed by atoms with Crippen LogP contribution in [0.4, 0.5) is 4.39 Å². The second-order valence-electron chi connectivity index (χ2n) is 6.55. The summed E-state index contributed by atoms with van der Waals surface area (Å²) in [4.78, 5) is 8.96. The van der Waals surface area contributed by atoms with E-state index in [9.17, 15) is 9.50 Å². The molecule has 1 saturated heterocycles. The van der Waals surface area contributed by atoms with Crippen molar-refractivity contribution in [2.75, 3.05) is 26.2 Å². The molecule has 0 spiro atoms. The fourth-order valence-corrected chi connectivity index (χ4v) is 3.15. The topological polar surface area (TPSA) is 52.7 Å². The molecule has 130 valence electrons. The van der Waals surface area contributed by atoms with Crippen molar-refractivity contribution >= 4 is 0 Å². The molecule has 0 bridgehead atoms. The summed E-state index contributed by atoms with van der Waals surface area (Å²) in [6, 6.07) is 6.61. The van der Waals surface area contributed by atoms with Gasteiger partial charge in [-0.1, -0.05) is 0 Å². The Morgan fingerprint density at radius 2 is 2.08 bits per heavy atom. The predicted molar refractivity (Wildman–Crippen MR) is 89.9 cm³/mol. The van der Waals surface area contributed by atoms with Crippen LogP contribution in [0.15, 0.2) is 34.9 Å². The summed E-state index contributed by atoms with van der Waals surface area (Å²) >= 11 is 0. The fourth-order valence-electron chi connectivity index (χ4n) is 3.15. The number of piperazine rings is 1. The molecular weight excluding hydrogens is 309 g/mol. The summed E-state index contributed by atoms with van der Waals surface area (Å²) in [7, 11) is 0. The van der Waals surface area contributed by atoms with Crippen LogP contribution in [-0.2, 0) is 6.54 Å². The third-order valence-corrected chi connectivity index (χ3v) is 4.39. The van der Waals surface area contributed by atoms with Gasteiger partial charge in [-0.2, -0.15) is 0 Å². The van der Waals surface area contributed by atoms with E-state index in [1.165, 1.54) is 12.1 Å². The monoisotopic (exact) mass is 333 g/mol. The summed E-state index contributed by atoms with van der Waals surface area (Å²) in [5, 5.41) is 9.55. The highest BCUT2D eigenvalue weighted by atomic mass is 19.1. The molecule has 5 nitrogen and oxygen atoms in total. The van der Waals surface area contributed by atoms with E-state index in [4.69, 9.17) is 4.42 Å². The molecule has 3 rings (SSSR count). The molecule has 0 saturated carbocycles. The Hall–Kier alpha value is -1.76. The molecule has 2 aromatic rings. The predicted octanol–water partition coefficient (Wildman–Crippen LogP) is 2.37. The number of oxazole rings is 1. The molecular formula is C18H24FN3O2. The maximum absolute atomic E-state index is 13.0. The van der Waals surface area contributed by atoms with Gasteiger partial charge in [0, 0.05) is 37.8 Å². The zero-order valence-electron chi connectivity index (χ0n) is 14.2.